The summed E-state index contributed by atoms with van der Waals surface area (Å²) in [6.07, 6.45) is 5.65. The topological polar surface area (TPSA) is 96.5 Å². The van der Waals surface area contributed by atoms with Gasteiger partial charge in [0.2, 0.25) is 5.95 Å². The van der Waals surface area contributed by atoms with Gasteiger partial charge in [-0.2, -0.15) is 0 Å². The van der Waals surface area contributed by atoms with E-state index < -0.39 is 0 Å². The van der Waals surface area contributed by atoms with Crippen molar-refractivity contribution in [3.63, 3.8) is 0 Å². The molecule has 2 aliphatic rings. The van der Waals surface area contributed by atoms with E-state index in [1.807, 2.05) is 25.2 Å². The number of carbonyl (C=O) groups is 2. The monoisotopic (exact) mass is 499 g/mol. The van der Waals surface area contributed by atoms with Crippen LogP contribution in [0.3, 0.4) is 0 Å². The van der Waals surface area contributed by atoms with Crippen LogP contribution in [0.2, 0.25) is 5.02 Å². The molecule has 0 unspecified atom stereocenters. The van der Waals surface area contributed by atoms with Gasteiger partial charge in [-0.1, -0.05) is 39.3 Å². The number of nitrogens with one attached hydrogen (secondary N) is 2. The first-order valence-electron chi connectivity index (χ1n) is 12.0. The van der Waals surface area contributed by atoms with Crippen LogP contribution in [0, 0.1) is 16.7 Å². The average Bonchev–Trinajstić information content (AvgIpc) is 2.85. The molecular weight excluding hydrogens is 466 g/mol. The molecule has 0 spiro atoms. The van der Waals surface area contributed by atoms with E-state index in [0.29, 0.717) is 22.3 Å². The van der Waals surface area contributed by atoms with Crippen molar-refractivity contribution in [1.82, 2.24) is 15.3 Å². The Morgan fingerprint density at radius 2 is 1.77 bits per heavy atom. The van der Waals surface area contributed by atoms with Crippen molar-refractivity contribution in [2.24, 2.45) is 16.7 Å². The Labute approximate surface area is 211 Å². The van der Waals surface area contributed by atoms with Gasteiger partial charge in [-0.15, -0.1) is 0 Å². The van der Waals surface area contributed by atoms with Crippen molar-refractivity contribution in [3.05, 3.63) is 41.2 Å². The third kappa shape index (κ3) is 4.81. The molecule has 0 atom stereocenters. The summed E-state index contributed by atoms with van der Waals surface area (Å²) in [4.78, 5) is 34.9. The molecule has 2 heterocycles. The van der Waals surface area contributed by atoms with Gasteiger partial charge in [0.1, 0.15) is 18.1 Å². The summed E-state index contributed by atoms with van der Waals surface area (Å²) in [7, 11) is 1.82. The number of carbonyl (C=O) groups excluding carboxylic acids is 2. The van der Waals surface area contributed by atoms with Crippen LogP contribution in [0.15, 0.2) is 30.6 Å². The van der Waals surface area contributed by atoms with Crippen molar-refractivity contribution in [2.75, 3.05) is 30.4 Å². The van der Waals surface area contributed by atoms with E-state index in [2.05, 4.69) is 53.2 Å². The molecule has 1 aromatic heterocycles. The molecule has 1 aromatic carbocycles. The highest BCUT2D eigenvalue weighted by atomic mass is 35.5. The standard InChI is InChI=1S/C26H34ClN5O3/c1-25(2)22(26(3,4)23(25)35-18-6-7-20(28-5)19(27)12-18)31-21(34)17-13-29-24(30-14-17)32-10-8-16(15-33)9-11-32/h6-7,12-16,22-23,28H,8-11H2,1-5H3,(H,31,34). The van der Waals surface area contributed by atoms with Crippen LogP contribution in [0.1, 0.15) is 50.9 Å². The summed E-state index contributed by atoms with van der Waals surface area (Å²) in [5.41, 5.74) is 0.644. The van der Waals surface area contributed by atoms with Crippen LogP contribution in [-0.2, 0) is 4.79 Å². The van der Waals surface area contributed by atoms with Gasteiger partial charge in [0.25, 0.3) is 5.91 Å². The lowest BCUT2D eigenvalue weighted by molar-refractivity contribution is -0.164. The van der Waals surface area contributed by atoms with Gasteiger partial charge in [-0.05, 0) is 25.0 Å². The van der Waals surface area contributed by atoms with Crippen molar-refractivity contribution in [3.8, 4) is 5.75 Å². The maximum absolute atomic E-state index is 13.1. The molecule has 1 aliphatic carbocycles. The lowest BCUT2D eigenvalue weighted by atomic mass is 9.49. The molecule has 4 rings (SSSR count). The number of rotatable bonds is 7. The minimum Gasteiger partial charge on any atom is -0.489 e. The fraction of sp³-hybridized carbons (Fsp3) is 0.538. The Balaban J connectivity index is 1.40. The van der Waals surface area contributed by atoms with Gasteiger partial charge in [0, 0.05) is 61.4 Å². The number of hydrogen-bond acceptors (Lipinski definition) is 7. The number of hydrogen-bond donors (Lipinski definition) is 2. The molecule has 0 radical (unpaired) electrons. The molecule has 2 fully saturated rings. The van der Waals surface area contributed by atoms with Crippen LogP contribution >= 0.6 is 11.6 Å². The lowest BCUT2D eigenvalue weighted by Crippen LogP contribution is -2.74. The summed E-state index contributed by atoms with van der Waals surface area (Å²) in [6, 6.07) is 5.49. The molecular formula is C26H34ClN5O3. The molecule has 1 amide bonds. The van der Waals surface area contributed by atoms with E-state index in [1.165, 1.54) is 0 Å². The van der Waals surface area contributed by atoms with Crippen molar-refractivity contribution in [2.45, 2.75) is 52.7 Å². The molecule has 1 saturated carbocycles. The Morgan fingerprint density at radius 3 is 2.31 bits per heavy atom. The van der Waals surface area contributed by atoms with Crippen LogP contribution in [0.5, 0.6) is 5.75 Å². The Kier molecular flexibility index (Phi) is 6.95. The highest BCUT2D eigenvalue weighted by Crippen LogP contribution is 2.55. The lowest BCUT2D eigenvalue weighted by Gasteiger charge is -2.63. The summed E-state index contributed by atoms with van der Waals surface area (Å²) in [5, 5.41) is 6.83. The number of aromatic nitrogens is 2. The number of ether oxygens (including phenoxy) is 1. The van der Waals surface area contributed by atoms with Gasteiger partial charge in [0.05, 0.1) is 16.3 Å². The van der Waals surface area contributed by atoms with E-state index in [9.17, 15) is 9.59 Å². The fourth-order valence-corrected chi connectivity index (χ4v) is 6.02. The SMILES string of the molecule is CNc1ccc(OC2C(C)(C)C(NC(=O)c3cnc(N4CCC(C=O)CC4)nc3)C2(C)C)cc1Cl. The molecule has 9 heteroatoms. The van der Waals surface area contributed by atoms with Crippen LogP contribution in [-0.4, -0.2) is 54.4 Å². The summed E-state index contributed by atoms with van der Waals surface area (Å²) in [5.74, 6) is 1.20. The Bertz CT molecular complexity index is 1060. The zero-order chi connectivity index (χ0) is 25.4. The number of piperidine rings is 1. The summed E-state index contributed by atoms with van der Waals surface area (Å²) in [6.45, 7) is 9.87. The first-order chi connectivity index (χ1) is 16.6. The van der Waals surface area contributed by atoms with Gasteiger partial charge in [-0.3, -0.25) is 4.79 Å². The third-order valence-electron chi connectivity index (χ3n) is 7.49. The molecule has 188 valence electrons. The van der Waals surface area contributed by atoms with Gasteiger partial charge < -0.3 is 25.1 Å². The number of amides is 1. The number of halogens is 1. The smallest absolute Gasteiger partial charge is 0.254 e. The summed E-state index contributed by atoms with van der Waals surface area (Å²) >= 11 is 6.33. The molecule has 35 heavy (non-hydrogen) atoms. The molecule has 1 saturated heterocycles. The average molecular weight is 500 g/mol. The van der Waals surface area contributed by atoms with Crippen LogP contribution in [0.25, 0.3) is 0 Å². The van der Waals surface area contributed by atoms with Crippen molar-refractivity contribution >= 4 is 35.4 Å². The minimum absolute atomic E-state index is 0.110. The Hall–Kier alpha value is -2.87. The summed E-state index contributed by atoms with van der Waals surface area (Å²) < 4.78 is 6.36. The van der Waals surface area contributed by atoms with Crippen LogP contribution in [0.4, 0.5) is 11.6 Å². The minimum atomic E-state index is -0.308. The number of benzene rings is 1. The number of nitrogens with zero attached hydrogens (tertiary/aromatic N) is 3. The maximum atomic E-state index is 13.1. The second kappa shape index (κ2) is 9.64. The predicted molar refractivity (Wildman–Crippen MR) is 137 cm³/mol. The number of aldehydes is 1. The zero-order valence-corrected chi connectivity index (χ0v) is 21.7. The van der Waals surface area contributed by atoms with E-state index >= 15 is 0 Å². The second-order valence-corrected chi connectivity index (χ2v) is 11.1. The van der Waals surface area contributed by atoms with E-state index in [-0.39, 0.29) is 34.8 Å². The Morgan fingerprint density at radius 1 is 1.14 bits per heavy atom. The van der Waals surface area contributed by atoms with Crippen molar-refractivity contribution in [1.29, 1.82) is 0 Å². The van der Waals surface area contributed by atoms with Gasteiger partial charge in [-0.25, -0.2) is 9.97 Å². The fourth-order valence-electron chi connectivity index (χ4n) is 5.76. The largest absolute Gasteiger partial charge is 0.489 e. The van der Waals surface area contributed by atoms with Gasteiger partial charge in [0.15, 0.2) is 0 Å². The molecule has 2 aromatic rings. The maximum Gasteiger partial charge on any atom is 0.254 e. The highest BCUT2D eigenvalue weighted by Gasteiger charge is 2.64. The molecule has 8 nitrogen and oxygen atoms in total. The number of anilines is 2. The van der Waals surface area contributed by atoms with Crippen LogP contribution < -0.4 is 20.3 Å². The first kappa shape index (κ1) is 25.2. The van der Waals surface area contributed by atoms with E-state index in [1.54, 1.807) is 12.4 Å². The molecule has 0 bridgehead atoms. The predicted octanol–water partition coefficient (Wildman–Crippen LogP) is 4.20. The van der Waals surface area contributed by atoms with Crippen molar-refractivity contribution < 1.29 is 14.3 Å². The van der Waals surface area contributed by atoms with E-state index in [0.717, 1.165) is 37.9 Å². The van der Waals surface area contributed by atoms with E-state index in [4.69, 9.17) is 16.3 Å². The first-order valence-corrected chi connectivity index (χ1v) is 12.4. The highest BCUT2D eigenvalue weighted by molar-refractivity contribution is 6.33. The molecule has 1 aliphatic heterocycles. The second-order valence-electron chi connectivity index (χ2n) is 10.7. The normalized spacial score (nSPS) is 23.2. The quantitative estimate of drug-likeness (QED) is 0.551. The zero-order valence-electron chi connectivity index (χ0n) is 21.0. The molecule has 2 N–H and O–H groups in total. The third-order valence-corrected chi connectivity index (χ3v) is 7.81. The van der Waals surface area contributed by atoms with Gasteiger partial charge >= 0.3 is 0 Å².